The fraction of sp³-hybridized carbons (Fsp3) is 0.417. The van der Waals surface area contributed by atoms with Crippen LogP contribution in [0.2, 0.25) is 0 Å². The third-order valence-electron chi connectivity index (χ3n) is 2.25. The summed E-state index contributed by atoms with van der Waals surface area (Å²) < 4.78 is 30.8. The molecule has 1 aromatic carbocycles. The molecule has 2 N–H and O–H groups in total. The van der Waals surface area contributed by atoms with Crippen LogP contribution in [0.1, 0.15) is 6.92 Å². The molecule has 1 amide bonds. The fourth-order valence-corrected chi connectivity index (χ4v) is 1.26. The van der Waals surface area contributed by atoms with Crippen molar-refractivity contribution in [1.29, 1.82) is 0 Å². The maximum atomic E-state index is 12.9. The lowest BCUT2D eigenvalue weighted by Gasteiger charge is -2.14. The Hall–Kier alpha value is -1.40. The van der Waals surface area contributed by atoms with E-state index in [9.17, 15) is 13.6 Å². The molecule has 0 saturated carbocycles. The molecular weight excluding hydrogens is 278 g/mol. The highest BCUT2D eigenvalue weighted by Crippen LogP contribution is 2.16. The number of nitrogens with one attached hydrogen (secondary N) is 2. The fourth-order valence-electron chi connectivity index (χ4n) is 1.26. The lowest BCUT2D eigenvalue weighted by atomic mass is 10.3. The van der Waals surface area contributed by atoms with Gasteiger partial charge in [0.25, 0.3) is 5.91 Å². The Bertz CT molecular complexity index is 419. The van der Waals surface area contributed by atoms with Crippen molar-refractivity contribution in [3.63, 3.8) is 0 Å². The van der Waals surface area contributed by atoms with Crippen molar-refractivity contribution in [2.75, 3.05) is 20.1 Å². The van der Waals surface area contributed by atoms with Gasteiger partial charge in [0, 0.05) is 19.2 Å². The van der Waals surface area contributed by atoms with Crippen molar-refractivity contribution in [1.82, 2.24) is 10.6 Å². The van der Waals surface area contributed by atoms with E-state index in [0.717, 1.165) is 12.1 Å². The largest absolute Gasteiger partial charge is 0.481 e. The zero-order valence-corrected chi connectivity index (χ0v) is 11.5. The third-order valence-corrected chi connectivity index (χ3v) is 2.25. The van der Waals surface area contributed by atoms with E-state index in [0.29, 0.717) is 13.1 Å². The second kappa shape index (κ2) is 8.66. The van der Waals surface area contributed by atoms with Gasteiger partial charge in [-0.15, -0.1) is 12.4 Å². The predicted octanol–water partition coefficient (Wildman–Crippen LogP) is 1.49. The molecule has 4 nitrogen and oxygen atoms in total. The SMILES string of the molecule is CNCCNC(=O)C(C)Oc1ccc(F)c(F)c1.Cl. The molecule has 0 aliphatic rings. The van der Waals surface area contributed by atoms with Crippen molar-refractivity contribution >= 4 is 18.3 Å². The second-order valence-electron chi connectivity index (χ2n) is 3.73. The summed E-state index contributed by atoms with van der Waals surface area (Å²) in [6.45, 7) is 2.65. The number of halogens is 3. The summed E-state index contributed by atoms with van der Waals surface area (Å²) in [5, 5.41) is 5.51. The smallest absolute Gasteiger partial charge is 0.260 e. The number of ether oxygens (including phenoxy) is 1. The van der Waals surface area contributed by atoms with E-state index < -0.39 is 17.7 Å². The lowest BCUT2D eigenvalue weighted by Crippen LogP contribution is -2.39. The van der Waals surface area contributed by atoms with Gasteiger partial charge in [-0.1, -0.05) is 0 Å². The van der Waals surface area contributed by atoms with Crippen LogP contribution in [0.3, 0.4) is 0 Å². The number of benzene rings is 1. The van der Waals surface area contributed by atoms with Crippen molar-refractivity contribution < 1.29 is 18.3 Å². The quantitative estimate of drug-likeness (QED) is 0.782. The predicted molar refractivity (Wildman–Crippen MR) is 70.6 cm³/mol. The Balaban J connectivity index is 0.00000324. The molecule has 0 aliphatic carbocycles. The van der Waals surface area contributed by atoms with Crippen molar-refractivity contribution in [3.05, 3.63) is 29.8 Å². The standard InChI is InChI=1S/C12H16F2N2O2.ClH/c1-8(12(17)16-6-5-15-2)18-9-3-4-10(13)11(14)7-9;/h3-4,7-8,15H,5-6H2,1-2H3,(H,16,17);1H. The molecule has 1 aromatic rings. The van der Waals surface area contributed by atoms with Crippen LogP contribution >= 0.6 is 12.4 Å². The van der Waals surface area contributed by atoms with Gasteiger partial charge in [-0.3, -0.25) is 4.79 Å². The number of carbonyl (C=O) groups is 1. The van der Waals surface area contributed by atoms with Gasteiger partial charge < -0.3 is 15.4 Å². The molecule has 0 radical (unpaired) electrons. The molecule has 108 valence electrons. The highest BCUT2D eigenvalue weighted by Gasteiger charge is 2.14. The summed E-state index contributed by atoms with van der Waals surface area (Å²) in [6.07, 6.45) is -0.772. The zero-order valence-electron chi connectivity index (χ0n) is 10.7. The Morgan fingerprint density at radius 3 is 2.58 bits per heavy atom. The summed E-state index contributed by atoms with van der Waals surface area (Å²) >= 11 is 0. The lowest BCUT2D eigenvalue weighted by molar-refractivity contribution is -0.127. The molecule has 0 aliphatic heterocycles. The number of rotatable bonds is 6. The van der Waals surface area contributed by atoms with Crippen molar-refractivity contribution in [2.45, 2.75) is 13.0 Å². The van der Waals surface area contributed by atoms with Crippen LogP contribution in [-0.2, 0) is 4.79 Å². The van der Waals surface area contributed by atoms with E-state index in [-0.39, 0.29) is 24.1 Å². The Labute approximate surface area is 116 Å². The van der Waals surface area contributed by atoms with Gasteiger partial charge >= 0.3 is 0 Å². The minimum absolute atomic E-state index is 0. The molecule has 1 rings (SSSR count). The normalized spacial score (nSPS) is 11.4. The maximum absolute atomic E-state index is 12.9. The van der Waals surface area contributed by atoms with Crippen LogP contribution in [0, 0.1) is 11.6 Å². The first-order valence-electron chi connectivity index (χ1n) is 5.58. The highest BCUT2D eigenvalue weighted by molar-refractivity contribution is 5.85. The minimum Gasteiger partial charge on any atom is -0.481 e. The maximum Gasteiger partial charge on any atom is 0.260 e. The van der Waals surface area contributed by atoms with Crippen LogP contribution in [0.5, 0.6) is 5.75 Å². The van der Waals surface area contributed by atoms with Gasteiger partial charge in [-0.25, -0.2) is 8.78 Å². The monoisotopic (exact) mass is 294 g/mol. The summed E-state index contributed by atoms with van der Waals surface area (Å²) in [7, 11) is 1.77. The van der Waals surface area contributed by atoms with Crippen LogP contribution in [0.15, 0.2) is 18.2 Å². The number of likely N-dealkylation sites (N-methyl/N-ethyl adjacent to an activating group) is 1. The topological polar surface area (TPSA) is 50.4 Å². The van der Waals surface area contributed by atoms with Crippen LogP contribution in [0.4, 0.5) is 8.78 Å². The average Bonchev–Trinajstić information content (AvgIpc) is 2.34. The molecule has 0 aromatic heterocycles. The van der Waals surface area contributed by atoms with Gasteiger partial charge in [0.15, 0.2) is 17.7 Å². The van der Waals surface area contributed by atoms with Gasteiger partial charge in [-0.05, 0) is 26.1 Å². The molecule has 0 saturated heterocycles. The Morgan fingerprint density at radius 2 is 2.00 bits per heavy atom. The van der Waals surface area contributed by atoms with E-state index in [1.165, 1.54) is 13.0 Å². The minimum atomic E-state index is -1.00. The van der Waals surface area contributed by atoms with Gasteiger partial charge in [0.1, 0.15) is 5.75 Å². The second-order valence-corrected chi connectivity index (χ2v) is 3.73. The van der Waals surface area contributed by atoms with Crippen molar-refractivity contribution in [3.8, 4) is 5.75 Å². The first-order chi connectivity index (χ1) is 8.54. The number of hydrogen-bond donors (Lipinski definition) is 2. The Kier molecular flexibility index (Phi) is 8.02. The molecule has 7 heteroatoms. The van der Waals surface area contributed by atoms with E-state index in [2.05, 4.69) is 10.6 Å². The van der Waals surface area contributed by atoms with Crippen LogP contribution in [-0.4, -0.2) is 32.1 Å². The number of amides is 1. The van der Waals surface area contributed by atoms with E-state index in [4.69, 9.17) is 4.74 Å². The van der Waals surface area contributed by atoms with Gasteiger partial charge in [0.2, 0.25) is 0 Å². The third kappa shape index (κ3) is 5.85. The molecule has 0 fully saturated rings. The molecule has 0 heterocycles. The zero-order chi connectivity index (χ0) is 13.5. The first kappa shape index (κ1) is 17.6. The highest BCUT2D eigenvalue weighted by atomic mass is 35.5. The summed E-state index contributed by atoms with van der Waals surface area (Å²) in [4.78, 5) is 11.5. The molecular formula is C12H17ClF2N2O2. The summed E-state index contributed by atoms with van der Waals surface area (Å²) in [6, 6.07) is 3.14. The molecule has 19 heavy (non-hydrogen) atoms. The molecule has 0 bridgehead atoms. The average molecular weight is 295 g/mol. The Morgan fingerprint density at radius 1 is 1.32 bits per heavy atom. The van der Waals surface area contributed by atoms with E-state index in [1.807, 2.05) is 0 Å². The number of hydrogen-bond acceptors (Lipinski definition) is 3. The van der Waals surface area contributed by atoms with E-state index >= 15 is 0 Å². The molecule has 0 spiro atoms. The summed E-state index contributed by atoms with van der Waals surface area (Å²) in [5.41, 5.74) is 0. The first-order valence-corrected chi connectivity index (χ1v) is 5.58. The van der Waals surface area contributed by atoms with Gasteiger partial charge in [-0.2, -0.15) is 0 Å². The van der Waals surface area contributed by atoms with Crippen LogP contribution in [0.25, 0.3) is 0 Å². The van der Waals surface area contributed by atoms with Gasteiger partial charge in [0.05, 0.1) is 0 Å². The molecule has 1 unspecified atom stereocenters. The van der Waals surface area contributed by atoms with E-state index in [1.54, 1.807) is 7.05 Å². The van der Waals surface area contributed by atoms with Crippen LogP contribution < -0.4 is 15.4 Å². The number of carbonyl (C=O) groups excluding carboxylic acids is 1. The molecule has 1 atom stereocenters. The van der Waals surface area contributed by atoms with Crippen molar-refractivity contribution in [2.24, 2.45) is 0 Å². The summed E-state index contributed by atoms with van der Waals surface area (Å²) in [5.74, 6) is -2.15.